The summed E-state index contributed by atoms with van der Waals surface area (Å²) in [5, 5.41) is 0. The molecule has 0 amide bonds. The first kappa shape index (κ1) is 15.8. The summed E-state index contributed by atoms with van der Waals surface area (Å²) in [4.78, 5) is 2.13. The number of halogens is 3. The zero-order valence-electron chi connectivity index (χ0n) is 11.5. The molecule has 0 spiro atoms. The van der Waals surface area contributed by atoms with Crippen LogP contribution in [0, 0.1) is 0 Å². The first-order chi connectivity index (χ1) is 8.91. The Labute approximate surface area is 112 Å². The van der Waals surface area contributed by atoms with Crippen LogP contribution >= 0.6 is 0 Å². The van der Waals surface area contributed by atoms with Crippen molar-refractivity contribution >= 4 is 5.69 Å². The summed E-state index contributed by atoms with van der Waals surface area (Å²) in [6, 6.07) is 7.08. The van der Waals surface area contributed by atoms with E-state index in [1.54, 1.807) is 12.1 Å². The first-order valence-electron chi connectivity index (χ1n) is 6.35. The minimum Gasteiger partial charge on any atom is -0.376 e. The Bertz CT molecular complexity index is 371. The summed E-state index contributed by atoms with van der Waals surface area (Å²) in [7, 11) is 1.30. The number of alkyl halides is 3. The molecule has 0 N–H and O–H groups in total. The van der Waals surface area contributed by atoms with Gasteiger partial charge in [0, 0.05) is 25.9 Å². The van der Waals surface area contributed by atoms with Gasteiger partial charge in [0.25, 0.3) is 0 Å². The highest BCUT2D eigenvalue weighted by atomic mass is 19.4. The third-order valence-electron chi connectivity index (χ3n) is 3.09. The van der Waals surface area contributed by atoms with E-state index in [0.29, 0.717) is 5.56 Å². The third-order valence-corrected chi connectivity index (χ3v) is 3.09. The summed E-state index contributed by atoms with van der Waals surface area (Å²) >= 11 is 0. The van der Waals surface area contributed by atoms with Gasteiger partial charge in [0.2, 0.25) is 0 Å². The molecular formula is C14H20F3NO. The van der Waals surface area contributed by atoms with Gasteiger partial charge in [-0.05, 0) is 31.5 Å². The third kappa shape index (κ3) is 4.74. The van der Waals surface area contributed by atoms with Crippen molar-refractivity contribution < 1.29 is 17.9 Å². The monoisotopic (exact) mass is 275 g/mol. The number of methoxy groups -OCH3 is 1. The van der Waals surface area contributed by atoms with E-state index in [1.165, 1.54) is 7.11 Å². The number of hydrogen-bond donors (Lipinski definition) is 0. The van der Waals surface area contributed by atoms with E-state index in [0.717, 1.165) is 18.8 Å². The van der Waals surface area contributed by atoms with Crippen LogP contribution in [0.15, 0.2) is 24.3 Å². The molecule has 0 fully saturated rings. The highest BCUT2D eigenvalue weighted by molar-refractivity contribution is 5.47. The smallest absolute Gasteiger partial charge is 0.376 e. The Morgan fingerprint density at radius 3 is 2.00 bits per heavy atom. The normalized spacial score (nSPS) is 13.4. The van der Waals surface area contributed by atoms with E-state index < -0.39 is 18.7 Å². The molecule has 0 aliphatic heterocycles. The Morgan fingerprint density at radius 2 is 1.63 bits per heavy atom. The van der Waals surface area contributed by atoms with Crippen LogP contribution in [0.25, 0.3) is 0 Å². The van der Waals surface area contributed by atoms with Crippen LogP contribution in [0.4, 0.5) is 18.9 Å². The Kier molecular flexibility index (Phi) is 5.66. The van der Waals surface area contributed by atoms with Crippen molar-refractivity contribution in [1.82, 2.24) is 0 Å². The van der Waals surface area contributed by atoms with E-state index in [9.17, 15) is 13.2 Å². The molecule has 0 aliphatic carbocycles. The second kappa shape index (κ2) is 6.80. The van der Waals surface area contributed by atoms with E-state index in [4.69, 9.17) is 4.74 Å². The average molecular weight is 275 g/mol. The molecule has 1 unspecified atom stereocenters. The Balaban J connectivity index is 2.84. The van der Waals surface area contributed by atoms with Crippen LogP contribution < -0.4 is 4.90 Å². The number of ether oxygens (including phenoxy) is 1. The summed E-state index contributed by atoms with van der Waals surface area (Å²) in [6.07, 6.45) is -6.13. The molecule has 0 saturated heterocycles. The van der Waals surface area contributed by atoms with Crippen molar-refractivity contribution in [2.75, 3.05) is 25.1 Å². The zero-order valence-corrected chi connectivity index (χ0v) is 11.5. The van der Waals surface area contributed by atoms with Crippen molar-refractivity contribution in [3.63, 3.8) is 0 Å². The van der Waals surface area contributed by atoms with Crippen molar-refractivity contribution in [2.24, 2.45) is 0 Å². The number of hydrogen-bond acceptors (Lipinski definition) is 2. The highest BCUT2D eigenvalue weighted by Crippen LogP contribution is 2.32. The van der Waals surface area contributed by atoms with Crippen LogP contribution in [-0.2, 0) is 4.74 Å². The van der Waals surface area contributed by atoms with E-state index in [2.05, 4.69) is 4.90 Å². The number of anilines is 1. The molecule has 1 rings (SSSR count). The highest BCUT2D eigenvalue weighted by Gasteiger charge is 2.32. The van der Waals surface area contributed by atoms with Gasteiger partial charge in [-0.25, -0.2) is 0 Å². The summed E-state index contributed by atoms with van der Waals surface area (Å²) in [5.74, 6) is 0. The van der Waals surface area contributed by atoms with Crippen LogP contribution in [0.5, 0.6) is 0 Å². The summed E-state index contributed by atoms with van der Waals surface area (Å²) in [5.41, 5.74) is 1.56. The average Bonchev–Trinajstić information content (AvgIpc) is 2.37. The molecule has 0 radical (unpaired) electrons. The van der Waals surface area contributed by atoms with Crippen LogP contribution in [-0.4, -0.2) is 26.4 Å². The lowest BCUT2D eigenvalue weighted by molar-refractivity contribution is -0.158. The molecule has 0 heterocycles. The standard InChI is InChI=1S/C14H20F3NO/c1-4-18(5-2)12-8-6-11(7-9-12)13(19-3)10-14(15,16)17/h6-9,13H,4-5,10H2,1-3H3. The zero-order chi connectivity index (χ0) is 14.5. The van der Waals surface area contributed by atoms with Crippen molar-refractivity contribution in [2.45, 2.75) is 32.5 Å². The largest absolute Gasteiger partial charge is 0.391 e. The predicted molar refractivity (Wildman–Crippen MR) is 70.4 cm³/mol. The molecular weight excluding hydrogens is 255 g/mol. The van der Waals surface area contributed by atoms with Gasteiger partial charge < -0.3 is 9.64 Å². The lowest BCUT2D eigenvalue weighted by Gasteiger charge is -2.22. The number of rotatable bonds is 6. The Morgan fingerprint density at radius 1 is 1.11 bits per heavy atom. The molecule has 2 nitrogen and oxygen atoms in total. The second-order valence-electron chi connectivity index (χ2n) is 4.31. The van der Waals surface area contributed by atoms with Gasteiger partial charge in [0.05, 0.1) is 12.5 Å². The maximum absolute atomic E-state index is 12.4. The first-order valence-corrected chi connectivity index (χ1v) is 6.35. The summed E-state index contributed by atoms with van der Waals surface area (Å²) in [6.45, 7) is 5.82. The van der Waals surface area contributed by atoms with E-state index >= 15 is 0 Å². The molecule has 1 aromatic carbocycles. The Hall–Kier alpha value is -1.23. The number of nitrogens with zero attached hydrogens (tertiary/aromatic N) is 1. The van der Waals surface area contributed by atoms with Crippen molar-refractivity contribution in [3.05, 3.63) is 29.8 Å². The predicted octanol–water partition coefficient (Wildman–Crippen LogP) is 4.17. The van der Waals surface area contributed by atoms with E-state index in [-0.39, 0.29) is 0 Å². The quantitative estimate of drug-likeness (QED) is 0.772. The number of benzene rings is 1. The van der Waals surface area contributed by atoms with Crippen LogP contribution in [0.3, 0.4) is 0 Å². The van der Waals surface area contributed by atoms with Crippen LogP contribution in [0.1, 0.15) is 31.9 Å². The molecule has 0 bridgehead atoms. The lowest BCUT2D eigenvalue weighted by Crippen LogP contribution is -2.21. The second-order valence-corrected chi connectivity index (χ2v) is 4.31. The van der Waals surface area contributed by atoms with Gasteiger partial charge in [-0.2, -0.15) is 13.2 Å². The lowest BCUT2D eigenvalue weighted by atomic mass is 10.1. The van der Waals surface area contributed by atoms with Gasteiger partial charge >= 0.3 is 6.18 Å². The fraction of sp³-hybridized carbons (Fsp3) is 0.571. The fourth-order valence-electron chi connectivity index (χ4n) is 2.04. The molecule has 5 heteroatoms. The molecule has 0 aromatic heterocycles. The van der Waals surface area contributed by atoms with Crippen molar-refractivity contribution in [3.8, 4) is 0 Å². The SMILES string of the molecule is CCN(CC)c1ccc(C(CC(F)(F)F)OC)cc1. The molecule has 19 heavy (non-hydrogen) atoms. The van der Waals surface area contributed by atoms with Gasteiger partial charge in [0.1, 0.15) is 0 Å². The van der Waals surface area contributed by atoms with Gasteiger partial charge in [-0.15, -0.1) is 0 Å². The minimum absolute atomic E-state index is 0.552. The fourth-order valence-corrected chi connectivity index (χ4v) is 2.04. The van der Waals surface area contributed by atoms with Gasteiger partial charge in [-0.1, -0.05) is 12.1 Å². The molecule has 0 aliphatic rings. The molecule has 1 aromatic rings. The topological polar surface area (TPSA) is 12.5 Å². The summed E-state index contributed by atoms with van der Waals surface area (Å²) < 4.78 is 42.2. The maximum atomic E-state index is 12.4. The maximum Gasteiger partial charge on any atom is 0.391 e. The van der Waals surface area contributed by atoms with Gasteiger partial charge in [-0.3, -0.25) is 0 Å². The molecule has 1 atom stereocenters. The molecule has 108 valence electrons. The van der Waals surface area contributed by atoms with Gasteiger partial charge in [0.15, 0.2) is 0 Å². The van der Waals surface area contributed by atoms with E-state index in [1.807, 2.05) is 26.0 Å². The van der Waals surface area contributed by atoms with Crippen LogP contribution in [0.2, 0.25) is 0 Å². The molecule has 0 saturated carbocycles. The van der Waals surface area contributed by atoms with Crippen molar-refractivity contribution in [1.29, 1.82) is 0 Å². The minimum atomic E-state index is -4.22.